The van der Waals surface area contributed by atoms with Gasteiger partial charge in [-0.25, -0.2) is 13.1 Å². The molecule has 0 amide bonds. The van der Waals surface area contributed by atoms with Crippen molar-refractivity contribution in [1.29, 1.82) is 0 Å². The molecule has 2 N–H and O–H groups in total. The molecule has 0 saturated heterocycles. The SMILES string of the molecule is CNc1ccccc1S(=O)(=O)NC1CC(C)CC(C)C1. The van der Waals surface area contributed by atoms with E-state index in [0.717, 1.165) is 12.8 Å². The molecule has 112 valence electrons. The van der Waals surface area contributed by atoms with Crippen LogP contribution in [-0.4, -0.2) is 21.5 Å². The smallest absolute Gasteiger partial charge is 0.242 e. The molecule has 1 aromatic rings. The summed E-state index contributed by atoms with van der Waals surface area (Å²) in [4.78, 5) is 0.327. The average Bonchev–Trinajstić information content (AvgIpc) is 2.36. The lowest BCUT2D eigenvalue weighted by Crippen LogP contribution is -2.40. The molecule has 0 spiro atoms. The Bertz CT molecular complexity index is 547. The fourth-order valence-electron chi connectivity index (χ4n) is 3.23. The Hall–Kier alpha value is -1.07. The first-order chi connectivity index (χ1) is 9.42. The summed E-state index contributed by atoms with van der Waals surface area (Å²) in [5, 5.41) is 2.94. The van der Waals surface area contributed by atoms with Gasteiger partial charge in [0.15, 0.2) is 0 Å². The van der Waals surface area contributed by atoms with Crippen molar-refractivity contribution in [2.24, 2.45) is 11.8 Å². The summed E-state index contributed by atoms with van der Waals surface area (Å²) in [6.45, 7) is 4.39. The Morgan fingerprint density at radius 1 is 1.05 bits per heavy atom. The largest absolute Gasteiger partial charge is 0.387 e. The first kappa shape index (κ1) is 15.3. The number of anilines is 1. The molecule has 1 aliphatic carbocycles. The summed E-state index contributed by atoms with van der Waals surface area (Å²) in [6, 6.07) is 7.05. The summed E-state index contributed by atoms with van der Waals surface area (Å²) in [5.41, 5.74) is 0.636. The molecule has 2 unspecified atom stereocenters. The Kier molecular flexibility index (Phi) is 4.70. The van der Waals surface area contributed by atoms with Gasteiger partial charge in [0, 0.05) is 13.1 Å². The van der Waals surface area contributed by atoms with Gasteiger partial charge in [-0.3, -0.25) is 0 Å². The second-order valence-corrected chi connectivity index (χ2v) is 7.66. The number of hydrogen-bond acceptors (Lipinski definition) is 3. The maximum absolute atomic E-state index is 12.5. The standard InChI is InChI=1S/C15H24N2O2S/c1-11-8-12(2)10-13(9-11)17-20(18,19)15-7-5-4-6-14(15)16-3/h4-7,11-13,16-17H,8-10H2,1-3H3. The Balaban J connectivity index is 2.19. The summed E-state index contributed by atoms with van der Waals surface area (Å²) < 4.78 is 28.0. The minimum atomic E-state index is -3.46. The summed E-state index contributed by atoms with van der Waals surface area (Å²) in [7, 11) is -1.73. The Morgan fingerprint density at radius 2 is 1.65 bits per heavy atom. The third-order valence-corrected chi connectivity index (χ3v) is 5.52. The first-order valence-corrected chi connectivity index (χ1v) is 8.69. The number of benzene rings is 1. The van der Waals surface area contributed by atoms with Crippen LogP contribution >= 0.6 is 0 Å². The molecule has 5 heteroatoms. The molecule has 20 heavy (non-hydrogen) atoms. The van der Waals surface area contributed by atoms with E-state index in [2.05, 4.69) is 23.9 Å². The van der Waals surface area contributed by atoms with E-state index in [9.17, 15) is 8.42 Å². The third-order valence-electron chi connectivity index (χ3n) is 3.95. The lowest BCUT2D eigenvalue weighted by molar-refractivity contribution is 0.258. The molecule has 0 radical (unpaired) electrons. The molecule has 1 saturated carbocycles. The van der Waals surface area contributed by atoms with Crippen molar-refractivity contribution in [3.63, 3.8) is 0 Å². The molecule has 0 aliphatic heterocycles. The van der Waals surface area contributed by atoms with Crippen molar-refractivity contribution in [3.8, 4) is 0 Å². The van der Waals surface area contributed by atoms with Crippen LogP contribution in [0.4, 0.5) is 5.69 Å². The Labute approximate surface area is 122 Å². The topological polar surface area (TPSA) is 58.2 Å². The fourth-order valence-corrected chi connectivity index (χ4v) is 4.71. The zero-order chi connectivity index (χ0) is 14.8. The molecular formula is C15H24N2O2S. The monoisotopic (exact) mass is 296 g/mol. The van der Waals surface area contributed by atoms with Crippen molar-refractivity contribution in [2.75, 3.05) is 12.4 Å². The van der Waals surface area contributed by atoms with Gasteiger partial charge in [-0.1, -0.05) is 26.0 Å². The molecule has 2 rings (SSSR count). The van der Waals surface area contributed by atoms with Gasteiger partial charge >= 0.3 is 0 Å². The lowest BCUT2D eigenvalue weighted by Gasteiger charge is -2.31. The van der Waals surface area contributed by atoms with E-state index in [1.54, 1.807) is 25.2 Å². The van der Waals surface area contributed by atoms with Crippen molar-refractivity contribution in [1.82, 2.24) is 4.72 Å². The van der Waals surface area contributed by atoms with Gasteiger partial charge in [0.25, 0.3) is 0 Å². The molecule has 0 heterocycles. The van der Waals surface area contributed by atoms with Crippen molar-refractivity contribution in [3.05, 3.63) is 24.3 Å². The van der Waals surface area contributed by atoms with Crippen LogP contribution in [-0.2, 0) is 10.0 Å². The normalized spacial score (nSPS) is 27.2. The second-order valence-electron chi connectivity index (χ2n) is 5.98. The number of sulfonamides is 1. The highest BCUT2D eigenvalue weighted by molar-refractivity contribution is 7.89. The van der Waals surface area contributed by atoms with Crippen LogP contribution in [0.3, 0.4) is 0 Å². The van der Waals surface area contributed by atoms with Crippen LogP contribution in [0.5, 0.6) is 0 Å². The minimum Gasteiger partial charge on any atom is -0.387 e. The highest BCUT2D eigenvalue weighted by atomic mass is 32.2. The maximum atomic E-state index is 12.5. The van der Waals surface area contributed by atoms with Gasteiger partial charge in [0.05, 0.1) is 5.69 Å². The molecule has 0 aromatic heterocycles. The van der Waals surface area contributed by atoms with Crippen LogP contribution in [0.15, 0.2) is 29.2 Å². The van der Waals surface area contributed by atoms with Gasteiger partial charge in [-0.2, -0.15) is 0 Å². The van der Waals surface area contributed by atoms with E-state index in [-0.39, 0.29) is 6.04 Å². The van der Waals surface area contributed by atoms with Gasteiger partial charge in [-0.05, 0) is 43.2 Å². The van der Waals surface area contributed by atoms with E-state index >= 15 is 0 Å². The van der Waals surface area contributed by atoms with E-state index in [0.29, 0.717) is 22.4 Å². The Morgan fingerprint density at radius 3 is 2.25 bits per heavy atom. The van der Waals surface area contributed by atoms with Crippen LogP contribution < -0.4 is 10.0 Å². The number of para-hydroxylation sites is 1. The van der Waals surface area contributed by atoms with Crippen LogP contribution in [0.25, 0.3) is 0 Å². The molecule has 2 atom stereocenters. The van der Waals surface area contributed by atoms with Gasteiger partial charge in [0.1, 0.15) is 4.90 Å². The highest BCUT2D eigenvalue weighted by Gasteiger charge is 2.28. The van der Waals surface area contributed by atoms with Crippen molar-refractivity contribution >= 4 is 15.7 Å². The molecule has 0 bridgehead atoms. The number of nitrogens with one attached hydrogen (secondary N) is 2. The molecule has 1 aliphatic rings. The van der Waals surface area contributed by atoms with Crippen LogP contribution in [0.2, 0.25) is 0 Å². The maximum Gasteiger partial charge on any atom is 0.242 e. The minimum absolute atomic E-state index is 0.0451. The number of rotatable bonds is 4. The van der Waals surface area contributed by atoms with E-state index in [1.807, 2.05) is 6.07 Å². The lowest BCUT2D eigenvalue weighted by atomic mass is 9.81. The van der Waals surface area contributed by atoms with E-state index < -0.39 is 10.0 Å². The van der Waals surface area contributed by atoms with Crippen LogP contribution in [0, 0.1) is 11.8 Å². The highest BCUT2D eigenvalue weighted by Crippen LogP contribution is 2.30. The van der Waals surface area contributed by atoms with Crippen molar-refractivity contribution < 1.29 is 8.42 Å². The summed E-state index contributed by atoms with van der Waals surface area (Å²) >= 11 is 0. The number of hydrogen-bond donors (Lipinski definition) is 2. The van der Waals surface area contributed by atoms with E-state index in [4.69, 9.17) is 0 Å². The third kappa shape index (κ3) is 3.52. The molecule has 4 nitrogen and oxygen atoms in total. The van der Waals surface area contributed by atoms with Crippen LogP contribution in [0.1, 0.15) is 33.1 Å². The van der Waals surface area contributed by atoms with Gasteiger partial charge in [-0.15, -0.1) is 0 Å². The predicted octanol–water partition coefficient (Wildman–Crippen LogP) is 2.83. The molecule has 1 fully saturated rings. The molecular weight excluding hydrogens is 272 g/mol. The quantitative estimate of drug-likeness (QED) is 0.898. The summed E-state index contributed by atoms with van der Waals surface area (Å²) in [5.74, 6) is 1.15. The molecule has 1 aromatic carbocycles. The first-order valence-electron chi connectivity index (χ1n) is 7.21. The van der Waals surface area contributed by atoms with Gasteiger partial charge < -0.3 is 5.32 Å². The van der Waals surface area contributed by atoms with Crippen molar-refractivity contribution in [2.45, 2.75) is 44.0 Å². The predicted molar refractivity (Wildman–Crippen MR) is 82.3 cm³/mol. The zero-order valence-electron chi connectivity index (χ0n) is 12.4. The second kappa shape index (κ2) is 6.14. The fraction of sp³-hybridized carbons (Fsp3) is 0.600. The zero-order valence-corrected chi connectivity index (χ0v) is 13.2. The van der Waals surface area contributed by atoms with Gasteiger partial charge in [0.2, 0.25) is 10.0 Å². The average molecular weight is 296 g/mol. The summed E-state index contributed by atoms with van der Waals surface area (Å²) in [6.07, 6.45) is 3.03. The van der Waals surface area contributed by atoms with E-state index in [1.165, 1.54) is 6.42 Å².